The van der Waals surface area contributed by atoms with Crippen molar-refractivity contribution in [1.82, 2.24) is 9.80 Å². The van der Waals surface area contributed by atoms with E-state index in [1.54, 1.807) is 13.8 Å². The second-order valence-electron chi connectivity index (χ2n) is 3.75. The molecule has 0 aliphatic rings. The van der Waals surface area contributed by atoms with Gasteiger partial charge in [0.2, 0.25) is 0 Å². The van der Waals surface area contributed by atoms with Crippen molar-refractivity contribution in [3.8, 4) is 0 Å². The molecule has 0 aliphatic carbocycles. The van der Waals surface area contributed by atoms with Crippen molar-refractivity contribution in [2.45, 2.75) is 13.8 Å². The number of hydrogen-bond acceptors (Lipinski definition) is 5. The molecule has 9 nitrogen and oxygen atoms in total. The van der Waals surface area contributed by atoms with Crippen LogP contribution >= 0.6 is 0 Å². The Morgan fingerprint density at radius 1 is 0.900 bits per heavy atom. The quantitative estimate of drug-likeness (QED) is 0.575. The molecule has 0 aromatic carbocycles. The van der Waals surface area contributed by atoms with E-state index >= 15 is 0 Å². The predicted molar refractivity (Wildman–Crippen MR) is 66.1 cm³/mol. The monoisotopic (exact) mass is 290 g/mol. The van der Waals surface area contributed by atoms with Gasteiger partial charge in [-0.2, -0.15) is 0 Å². The van der Waals surface area contributed by atoms with Crippen LogP contribution in [0.4, 0.5) is 4.79 Å². The first-order chi connectivity index (χ1) is 9.31. The molecule has 0 heterocycles. The SMILES string of the molecule is CCOC(=O)CN(CC)C(=O)N(CC(=O)O)CC(=O)O. The highest BCUT2D eigenvalue weighted by Crippen LogP contribution is 2.00. The van der Waals surface area contributed by atoms with Gasteiger partial charge in [0.1, 0.15) is 19.6 Å². The number of amides is 2. The van der Waals surface area contributed by atoms with E-state index in [9.17, 15) is 19.2 Å². The maximum atomic E-state index is 12.0. The Morgan fingerprint density at radius 2 is 1.40 bits per heavy atom. The molecule has 9 heteroatoms. The van der Waals surface area contributed by atoms with Gasteiger partial charge in [-0.05, 0) is 13.8 Å². The molecule has 0 atom stereocenters. The van der Waals surface area contributed by atoms with Gasteiger partial charge in [-0.1, -0.05) is 0 Å². The van der Waals surface area contributed by atoms with Gasteiger partial charge in [0.25, 0.3) is 0 Å². The molecule has 0 fully saturated rings. The molecule has 2 amide bonds. The molecule has 0 aromatic heterocycles. The zero-order valence-corrected chi connectivity index (χ0v) is 11.4. The van der Waals surface area contributed by atoms with Gasteiger partial charge >= 0.3 is 23.9 Å². The Balaban J connectivity index is 4.84. The fourth-order valence-corrected chi connectivity index (χ4v) is 1.39. The predicted octanol–water partition coefficient (Wildman–Crippen LogP) is -0.537. The molecule has 114 valence electrons. The number of carbonyl (C=O) groups is 4. The first kappa shape index (κ1) is 17.7. The molecule has 0 saturated heterocycles. The van der Waals surface area contributed by atoms with E-state index in [2.05, 4.69) is 4.74 Å². The summed E-state index contributed by atoms with van der Waals surface area (Å²) < 4.78 is 4.68. The van der Waals surface area contributed by atoms with E-state index in [4.69, 9.17) is 10.2 Å². The van der Waals surface area contributed by atoms with Gasteiger partial charge in [-0.25, -0.2) is 4.79 Å². The smallest absolute Gasteiger partial charge is 0.325 e. The molecule has 20 heavy (non-hydrogen) atoms. The molecule has 0 spiro atoms. The summed E-state index contributed by atoms with van der Waals surface area (Å²) in [5.74, 6) is -3.33. The van der Waals surface area contributed by atoms with Crippen LogP contribution < -0.4 is 0 Å². The highest BCUT2D eigenvalue weighted by molar-refractivity contribution is 5.86. The highest BCUT2D eigenvalue weighted by atomic mass is 16.5. The van der Waals surface area contributed by atoms with Crippen molar-refractivity contribution in [3.63, 3.8) is 0 Å². The van der Waals surface area contributed by atoms with Crippen LogP contribution in [0, 0.1) is 0 Å². The minimum Gasteiger partial charge on any atom is -0.480 e. The third kappa shape index (κ3) is 6.57. The summed E-state index contributed by atoms with van der Waals surface area (Å²) in [7, 11) is 0. The van der Waals surface area contributed by atoms with Crippen molar-refractivity contribution in [2.24, 2.45) is 0 Å². The van der Waals surface area contributed by atoms with Gasteiger partial charge in [-0.15, -0.1) is 0 Å². The summed E-state index contributed by atoms with van der Waals surface area (Å²) in [6.45, 7) is 1.58. The van der Waals surface area contributed by atoms with Crippen molar-refractivity contribution in [1.29, 1.82) is 0 Å². The second-order valence-corrected chi connectivity index (χ2v) is 3.75. The van der Waals surface area contributed by atoms with Crippen LogP contribution in [-0.4, -0.2) is 76.7 Å². The lowest BCUT2D eigenvalue weighted by molar-refractivity contribution is -0.143. The highest BCUT2D eigenvalue weighted by Gasteiger charge is 2.25. The largest absolute Gasteiger partial charge is 0.480 e. The number of urea groups is 1. The third-order valence-corrected chi connectivity index (χ3v) is 2.20. The topological polar surface area (TPSA) is 124 Å². The average molecular weight is 290 g/mol. The van der Waals surface area contributed by atoms with E-state index < -0.39 is 37.0 Å². The Morgan fingerprint density at radius 3 is 1.75 bits per heavy atom. The lowest BCUT2D eigenvalue weighted by atomic mass is 10.4. The second kappa shape index (κ2) is 8.73. The molecular weight excluding hydrogens is 272 g/mol. The molecular formula is C11H18N2O7. The number of esters is 1. The van der Waals surface area contributed by atoms with Crippen molar-refractivity contribution in [2.75, 3.05) is 32.8 Å². The molecule has 2 N–H and O–H groups in total. The minimum absolute atomic E-state index is 0.118. The Labute approximate surface area is 115 Å². The number of aliphatic carboxylic acids is 2. The van der Waals surface area contributed by atoms with Gasteiger partial charge in [-0.3, -0.25) is 14.4 Å². The summed E-state index contributed by atoms with van der Waals surface area (Å²) in [6.07, 6.45) is 0. The molecule has 0 bridgehead atoms. The van der Waals surface area contributed by atoms with Gasteiger partial charge in [0.05, 0.1) is 6.61 Å². The number of likely N-dealkylation sites (N-methyl/N-ethyl adjacent to an activating group) is 1. The molecule has 0 saturated carbocycles. The summed E-state index contributed by atoms with van der Waals surface area (Å²) >= 11 is 0. The maximum Gasteiger partial charge on any atom is 0.325 e. The standard InChI is InChI=1S/C11H18N2O7/c1-3-12(7-10(18)20-4-2)11(19)13(5-8(14)15)6-9(16)17/h3-7H2,1-2H3,(H,14,15)(H,16,17). The van der Waals surface area contributed by atoms with Gasteiger partial charge in [0, 0.05) is 6.54 Å². The molecule has 0 aromatic rings. The zero-order valence-electron chi connectivity index (χ0n) is 11.4. The van der Waals surface area contributed by atoms with Crippen LogP contribution in [0.2, 0.25) is 0 Å². The summed E-state index contributed by atoms with van der Waals surface area (Å²) in [5.41, 5.74) is 0. The first-order valence-electron chi connectivity index (χ1n) is 5.94. The van der Waals surface area contributed by atoms with E-state index in [-0.39, 0.29) is 19.7 Å². The summed E-state index contributed by atoms with van der Waals surface area (Å²) in [6, 6.07) is -0.842. The van der Waals surface area contributed by atoms with Crippen LogP contribution in [0.25, 0.3) is 0 Å². The van der Waals surface area contributed by atoms with Crippen molar-refractivity contribution in [3.05, 3.63) is 0 Å². The summed E-state index contributed by atoms with van der Waals surface area (Å²) in [5, 5.41) is 17.3. The zero-order chi connectivity index (χ0) is 15.7. The lowest BCUT2D eigenvalue weighted by Crippen LogP contribution is -2.49. The number of rotatable bonds is 8. The molecule has 0 unspecified atom stereocenters. The average Bonchev–Trinajstić information content (AvgIpc) is 2.33. The van der Waals surface area contributed by atoms with Crippen LogP contribution in [0.1, 0.15) is 13.8 Å². The molecule has 0 radical (unpaired) electrons. The number of carboxylic acid groups (broad SMARTS) is 2. The first-order valence-corrected chi connectivity index (χ1v) is 5.94. The molecule has 0 aliphatic heterocycles. The fraction of sp³-hybridized carbons (Fsp3) is 0.636. The van der Waals surface area contributed by atoms with Gasteiger partial charge in [0.15, 0.2) is 0 Å². The minimum atomic E-state index is -1.34. The van der Waals surface area contributed by atoms with Crippen LogP contribution in [0.5, 0.6) is 0 Å². The summed E-state index contributed by atoms with van der Waals surface area (Å²) in [4.78, 5) is 46.2. The van der Waals surface area contributed by atoms with Crippen molar-refractivity contribution < 1.29 is 34.1 Å². The fourth-order valence-electron chi connectivity index (χ4n) is 1.39. The van der Waals surface area contributed by atoms with E-state index in [0.29, 0.717) is 4.90 Å². The number of ether oxygens (including phenoxy) is 1. The number of hydrogen-bond donors (Lipinski definition) is 2. The van der Waals surface area contributed by atoms with Crippen molar-refractivity contribution >= 4 is 23.9 Å². The number of carbonyl (C=O) groups excluding carboxylic acids is 2. The Bertz CT molecular complexity index is 367. The van der Waals surface area contributed by atoms with E-state index in [0.717, 1.165) is 4.90 Å². The van der Waals surface area contributed by atoms with Gasteiger partial charge < -0.3 is 24.7 Å². The lowest BCUT2D eigenvalue weighted by Gasteiger charge is -2.27. The van der Waals surface area contributed by atoms with E-state index in [1.807, 2.05) is 0 Å². The maximum absolute atomic E-state index is 12.0. The van der Waals surface area contributed by atoms with E-state index in [1.165, 1.54) is 0 Å². The number of carboxylic acids is 2. The normalized spacial score (nSPS) is 9.70. The van der Waals surface area contributed by atoms with Crippen LogP contribution in [-0.2, 0) is 19.1 Å². The molecule has 0 rings (SSSR count). The van der Waals surface area contributed by atoms with Crippen LogP contribution in [0.15, 0.2) is 0 Å². The third-order valence-electron chi connectivity index (χ3n) is 2.20. The van der Waals surface area contributed by atoms with Crippen LogP contribution in [0.3, 0.4) is 0 Å². The number of nitrogens with zero attached hydrogens (tertiary/aromatic N) is 2. The Kier molecular flexibility index (Phi) is 7.71. The Hall–Kier alpha value is -2.32.